The Hall–Kier alpha value is -0.910. The molecule has 1 saturated carbocycles. The zero-order valence-electron chi connectivity index (χ0n) is 11.4. The summed E-state index contributed by atoms with van der Waals surface area (Å²) in [6.07, 6.45) is 5.38. The third-order valence-electron chi connectivity index (χ3n) is 3.58. The molecule has 1 aliphatic carbocycles. The Morgan fingerprint density at radius 2 is 1.79 bits per heavy atom. The molecule has 0 spiro atoms. The van der Waals surface area contributed by atoms with E-state index in [1.807, 2.05) is 30.3 Å². The lowest BCUT2D eigenvalue weighted by molar-refractivity contribution is 0.389. The van der Waals surface area contributed by atoms with Crippen molar-refractivity contribution in [1.29, 1.82) is 0 Å². The molecule has 0 aliphatic heterocycles. The molecule has 0 amide bonds. The molecule has 1 aliphatic rings. The van der Waals surface area contributed by atoms with Gasteiger partial charge in [-0.3, -0.25) is 0 Å². The first kappa shape index (κ1) is 14.5. The number of hydrogen-bond acceptors (Lipinski definition) is 2. The van der Waals surface area contributed by atoms with Crippen LogP contribution in [0.2, 0.25) is 0 Å². The Kier molecular flexibility index (Phi) is 4.96. The van der Waals surface area contributed by atoms with E-state index in [2.05, 4.69) is 4.72 Å². The molecule has 1 N–H and O–H groups in total. The molecule has 1 aromatic rings. The Balaban J connectivity index is 1.94. The van der Waals surface area contributed by atoms with Gasteiger partial charge in [-0.1, -0.05) is 49.6 Å². The number of hydrogen-bond donors (Lipinski definition) is 1. The van der Waals surface area contributed by atoms with E-state index in [9.17, 15) is 8.42 Å². The maximum absolute atomic E-state index is 12.2. The van der Waals surface area contributed by atoms with Gasteiger partial charge in [-0.25, -0.2) is 0 Å². The van der Waals surface area contributed by atoms with Gasteiger partial charge in [0.05, 0.1) is 0 Å². The number of nitrogens with zero attached hydrogens (tertiary/aromatic N) is 1. The predicted molar refractivity (Wildman–Crippen MR) is 76.8 cm³/mol. The van der Waals surface area contributed by atoms with Crippen molar-refractivity contribution in [3.63, 3.8) is 0 Å². The summed E-state index contributed by atoms with van der Waals surface area (Å²) in [4.78, 5) is 0. The summed E-state index contributed by atoms with van der Waals surface area (Å²) >= 11 is 0. The van der Waals surface area contributed by atoms with Crippen molar-refractivity contribution in [1.82, 2.24) is 9.03 Å². The quantitative estimate of drug-likeness (QED) is 0.901. The van der Waals surface area contributed by atoms with Gasteiger partial charge in [-0.2, -0.15) is 17.4 Å². The Bertz CT molecular complexity index is 481. The van der Waals surface area contributed by atoms with Gasteiger partial charge in [0.15, 0.2) is 0 Å². The summed E-state index contributed by atoms with van der Waals surface area (Å²) in [7, 11) is -1.75. The first-order valence-corrected chi connectivity index (χ1v) is 8.29. The molecular formula is C14H22N2O2S. The van der Waals surface area contributed by atoms with Crippen LogP contribution >= 0.6 is 0 Å². The van der Waals surface area contributed by atoms with Crippen LogP contribution in [-0.4, -0.2) is 25.8 Å². The van der Waals surface area contributed by atoms with Crippen LogP contribution in [0.3, 0.4) is 0 Å². The lowest BCUT2D eigenvalue weighted by atomic mass is 9.96. The second kappa shape index (κ2) is 6.50. The van der Waals surface area contributed by atoms with Crippen LogP contribution in [-0.2, 0) is 16.8 Å². The van der Waals surface area contributed by atoms with Crippen molar-refractivity contribution in [2.45, 2.75) is 44.7 Å². The van der Waals surface area contributed by atoms with Crippen LogP contribution in [0.15, 0.2) is 30.3 Å². The SMILES string of the molecule is CN(Cc1ccccc1)S(=O)(=O)NC1CCCCC1. The van der Waals surface area contributed by atoms with Crippen molar-refractivity contribution in [3.05, 3.63) is 35.9 Å². The van der Waals surface area contributed by atoms with Crippen molar-refractivity contribution in [3.8, 4) is 0 Å². The van der Waals surface area contributed by atoms with Crippen LogP contribution in [0.1, 0.15) is 37.7 Å². The molecule has 1 fully saturated rings. The van der Waals surface area contributed by atoms with Crippen molar-refractivity contribution < 1.29 is 8.42 Å². The smallest absolute Gasteiger partial charge is 0.199 e. The molecule has 106 valence electrons. The molecule has 2 rings (SSSR count). The zero-order valence-corrected chi connectivity index (χ0v) is 12.2. The average Bonchev–Trinajstić information content (AvgIpc) is 2.40. The third-order valence-corrected chi connectivity index (χ3v) is 5.16. The molecule has 1 aromatic carbocycles. The number of benzene rings is 1. The van der Waals surface area contributed by atoms with Crippen molar-refractivity contribution in [2.24, 2.45) is 0 Å². The van der Waals surface area contributed by atoms with Gasteiger partial charge in [0.2, 0.25) is 0 Å². The maximum atomic E-state index is 12.2. The maximum Gasteiger partial charge on any atom is 0.279 e. The molecule has 0 atom stereocenters. The van der Waals surface area contributed by atoms with Gasteiger partial charge in [-0.05, 0) is 18.4 Å². The fourth-order valence-corrected chi connectivity index (χ4v) is 3.60. The topological polar surface area (TPSA) is 49.4 Å². The van der Waals surface area contributed by atoms with Crippen LogP contribution in [0, 0.1) is 0 Å². The third kappa shape index (κ3) is 4.30. The van der Waals surface area contributed by atoms with Crippen molar-refractivity contribution >= 4 is 10.2 Å². The van der Waals surface area contributed by atoms with E-state index in [0.29, 0.717) is 6.54 Å². The van der Waals surface area contributed by atoms with Crippen molar-refractivity contribution in [2.75, 3.05) is 7.05 Å². The summed E-state index contributed by atoms with van der Waals surface area (Å²) in [6, 6.07) is 9.75. The highest BCUT2D eigenvalue weighted by molar-refractivity contribution is 7.87. The van der Waals surface area contributed by atoms with E-state index in [0.717, 1.165) is 31.2 Å². The minimum atomic E-state index is -3.37. The molecule has 5 heteroatoms. The molecule has 4 nitrogen and oxygen atoms in total. The number of nitrogens with one attached hydrogen (secondary N) is 1. The van der Waals surface area contributed by atoms with E-state index >= 15 is 0 Å². The standard InChI is InChI=1S/C14H22N2O2S/c1-16(12-13-8-4-2-5-9-13)19(17,18)15-14-10-6-3-7-11-14/h2,4-5,8-9,14-15H,3,6-7,10-12H2,1H3. The summed E-state index contributed by atoms with van der Waals surface area (Å²) in [5.41, 5.74) is 0.999. The second-order valence-electron chi connectivity index (χ2n) is 5.20. The van der Waals surface area contributed by atoms with Gasteiger partial charge < -0.3 is 0 Å². The highest BCUT2D eigenvalue weighted by atomic mass is 32.2. The van der Waals surface area contributed by atoms with Crippen LogP contribution in [0.25, 0.3) is 0 Å². The molecule has 0 radical (unpaired) electrons. The molecule has 0 saturated heterocycles. The fraction of sp³-hybridized carbons (Fsp3) is 0.571. The lowest BCUT2D eigenvalue weighted by Crippen LogP contribution is -2.44. The second-order valence-corrected chi connectivity index (χ2v) is 7.01. The predicted octanol–water partition coefficient (Wildman–Crippen LogP) is 2.29. The first-order valence-electron chi connectivity index (χ1n) is 6.85. The summed E-state index contributed by atoms with van der Waals surface area (Å²) in [6.45, 7) is 0.406. The minimum Gasteiger partial charge on any atom is -0.199 e. The molecule has 0 bridgehead atoms. The highest BCUT2D eigenvalue weighted by Crippen LogP contribution is 2.18. The first-order chi connectivity index (χ1) is 9.08. The van der Waals surface area contributed by atoms with Crippen LogP contribution in [0.5, 0.6) is 0 Å². The van der Waals surface area contributed by atoms with Gasteiger partial charge in [0.25, 0.3) is 10.2 Å². The van der Waals surface area contributed by atoms with Gasteiger partial charge in [0, 0.05) is 19.6 Å². The Morgan fingerprint density at radius 1 is 1.16 bits per heavy atom. The molecule has 0 heterocycles. The summed E-state index contributed by atoms with van der Waals surface area (Å²) < 4.78 is 28.6. The Labute approximate surface area is 116 Å². The zero-order chi connectivity index (χ0) is 13.7. The molecular weight excluding hydrogens is 260 g/mol. The highest BCUT2D eigenvalue weighted by Gasteiger charge is 2.23. The van der Waals surface area contributed by atoms with E-state index in [4.69, 9.17) is 0 Å². The molecule has 19 heavy (non-hydrogen) atoms. The lowest BCUT2D eigenvalue weighted by Gasteiger charge is -2.26. The minimum absolute atomic E-state index is 0.108. The monoisotopic (exact) mass is 282 g/mol. The van der Waals surface area contributed by atoms with Gasteiger partial charge in [0.1, 0.15) is 0 Å². The van der Waals surface area contributed by atoms with Crippen LogP contribution < -0.4 is 4.72 Å². The normalized spacial score (nSPS) is 17.8. The molecule has 0 unspecified atom stereocenters. The van der Waals surface area contributed by atoms with E-state index in [-0.39, 0.29) is 6.04 Å². The molecule has 0 aromatic heterocycles. The van der Waals surface area contributed by atoms with E-state index < -0.39 is 10.2 Å². The fourth-order valence-electron chi connectivity index (χ4n) is 2.45. The summed E-state index contributed by atoms with van der Waals surface area (Å²) in [5, 5.41) is 0. The van der Waals surface area contributed by atoms with E-state index in [1.54, 1.807) is 7.05 Å². The van der Waals surface area contributed by atoms with E-state index in [1.165, 1.54) is 10.7 Å². The largest absolute Gasteiger partial charge is 0.279 e. The average molecular weight is 282 g/mol. The van der Waals surface area contributed by atoms with Gasteiger partial charge in [-0.15, -0.1) is 0 Å². The Morgan fingerprint density at radius 3 is 2.42 bits per heavy atom. The number of rotatable bonds is 5. The van der Waals surface area contributed by atoms with Crippen LogP contribution in [0.4, 0.5) is 0 Å². The summed E-state index contributed by atoms with van der Waals surface area (Å²) in [5.74, 6) is 0. The van der Waals surface area contributed by atoms with Gasteiger partial charge >= 0.3 is 0 Å².